The second kappa shape index (κ2) is 6.95. The van der Waals surface area contributed by atoms with Gasteiger partial charge in [0.25, 0.3) is 0 Å². The summed E-state index contributed by atoms with van der Waals surface area (Å²) in [7, 11) is 1.66. The maximum absolute atomic E-state index is 13.1. The van der Waals surface area contributed by atoms with E-state index in [4.69, 9.17) is 0 Å². The zero-order valence-electron chi connectivity index (χ0n) is 11.7. The molecule has 1 heterocycles. The molecule has 110 valence electrons. The number of nitrogens with zero attached hydrogens (tertiary/aromatic N) is 2. The van der Waals surface area contributed by atoms with Crippen LogP contribution in [0, 0.1) is 5.82 Å². The molecule has 1 atom stereocenters. The van der Waals surface area contributed by atoms with Gasteiger partial charge in [-0.25, -0.2) is 4.39 Å². The van der Waals surface area contributed by atoms with Crippen LogP contribution in [0.1, 0.15) is 23.7 Å². The zero-order chi connectivity index (χ0) is 15.2. The molecule has 5 heteroatoms. The fourth-order valence-corrected chi connectivity index (χ4v) is 2.01. The third kappa shape index (κ3) is 4.36. The van der Waals surface area contributed by atoms with E-state index in [1.165, 1.54) is 23.1 Å². The molecule has 0 saturated carbocycles. The normalized spacial score (nSPS) is 12.0. The Balaban J connectivity index is 1.94. The highest BCUT2D eigenvalue weighted by atomic mass is 19.1. The fourth-order valence-electron chi connectivity index (χ4n) is 2.01. The summed E-state index contributed by atoms with van der Waals surface area (Å²) < 4.78 is 13.1. The third-order valence-corrected chi connectivity index (χ3v) is 3.17. The van der Waals surface area contributed by atoms with Crippen LogP contribution in [-0.2, 0) is 11.3 Å². The van der Waals surface area contributed by atoms with Crippen LogP contribution < -0.4 is 0 Å². The Morgan fingerprint density at radius 3 is 2.86 bits per heavy atom. The Morgan fingerprint density at radius 1 is 1.38 bits per heavy atom. The van der Waals surface area contributed by atoms with Gasteiger partial charge >= 0.3 is 0 Å². The number of carbonyl (C=O) groups excluding carboxylic acids is 1. The summed E-state index contributed by atoms with van der Waals surface area (Å²) in [4.78, 5) is 17.6. The highest BCUT2D eigenvalue weighted by Gasteiger charge is 2.17. The van der Waals surface area contributed by atoms with Crippen LogP contribution in [-0.4, -0.2) is 27.9 Å². The van der Waals surface area contributed by atoms with Crippen LogP contribution in [0.25, 0.3) is 0 Å². The standard InChI is InChI=1S/C16H17FN2O2/c1-19(11-12-4-3-7-18-10-12)16(21)9-15(20)13-5-2-6-14(17)8-13/h2-8,10,15,20H,9,11H2,1H3. The molecule has 0 aliphatic heterocycles. The van der Waals surface area contributed by atoms with E-state index in [0.717, 1.165) is 5.56 Å². The van der Waals surface area contributed by atoms with E-state index in [-0.39, 0.29) is 12.3 Å². The number of hydrogen-bond donors (Lipinski definition) is 1. The SMILES string of the molecule is CN(Cc1cccnc1)C(=O)CC(O)c1cccc(F)c1. The van der Waals surface area contributed by atoms with Crippen molar-refractivity contribution in [3.8, 4) is 0 Å². The van der Waals surface area contributed by atoms with Crippen molar-refractivity contribution in [1.82, 2.24) is 9.88 Å². The smallest absolute Gasteiger partial charge is 0.225 e. The number of aliphatic hydroxyl groups excluding tert-OH is 1. The Labute approximate surface area is 122 Å². The van der Waals surface area contributed by atoms with Crippen molar-refractivity contribution in [3.63, 3.8) is 0 Å². The van der Waals surface area contributed by atoms with Crippen molar-refractivity contribution in [2.75, 3.05) is 7.05 Å². The second-order valence-electron chi connectivity index (χ2n) is 4.89. The molecule has 0 aliphatic rings. The molecule has 0 radical (unpaired) electrons. The van der Waals surface area contributed by atoms with Crippen LogP contribution in [0.2, 0.25) is 0 Å². The van der Waals surface area contributed by atoms with Gasteiger partial charge in [-0.15, -0.1) is 0 Å². The van der Waals surface area contributed by atoms with E-state index in [0.29, 0.717) is 12.1 Å². The van der Waals surface area contributed by atoms with E-state index >= 15 is 0 Å². The minimum atomic E-state index is -1.01. The molecule has 1 N–H and O–H groups in total. The van der Waals surface area contributed by atoms with Gasteiger partial charge in [-0.2, -0.15) is 0 Å². The van der Waals surface area contributed by atoms with Gasteiger partial charge < -0.3 is 10.0 Å². The molecular formula is C16H17FN2O2. The van der Waals surface area contributed by atoms with Gasteiger partial charge in [0.15, 0.2) is 0 Å². The van der Waals surface area contributed by atoms with Gasteiger partial charge in [0, 0.05) is 26.0 Å². The van der Waals surface area contributed by atoms with Crippen molar-refractivity contribution >= 4 is 5.91 Å². The highest BCUT2D eigenvalue weighted by molar-refractivity contribution is 5.76. The summed E-state index contributed by atoms with van der Waals surface area (Å²) in [6, 6.07) is 9.32. The molecule has 1 aromatic carbocycles. The number of amides is 1. The van der Waals surface area contributed by atoms with E-state index in [1.807, 2.05) is 6.07 Å². The first-order chi connectivity index (χ1) is 10.1. The topological polar surface area (TPSA) is 53.4 Å². The Kier molecular flexibility index (Phi) is 5.00. The van der Waals surface area contributed by atoms with E-state index < -0.39 is 11.9 Å². The van der Waals surface area contributed by atoms with E-state index in [2.05, 4.69) is 4.98 Å². The van der Waals surface area contributed by atoms with Crippen LogP contribution >= 0.6 is 0 Å². The quantitative estimate of drug-likeness (QED) is 0.918. The lowest BCUT2D eigenvalue weighted by Gasteiger charge is -2.19. The molecule has 0 spiro atoms. The molecule has 0 aliphatic carbocycles. The lowest BCUT2D eigenvalue weighted by atomic mass is 10.1. The molecule has 0 saturated heterocycles. The molecule has 21 heavy (non-hydrogen) atoms. The van der Waals surface area contributed by atoms with Crippen LogP contribution in [0.5, 0.6) is 0 Å². The molecule has 0 fully saturated rings. The monoisotopic (exact) mass is 288 g/mol. The molecule has 0 bridgehead atoms. The first-order valence-electron chi connectivity index (χ1n) is 6.62. The third-order valence-electron chi connectivity index (χ3n) is 3.17. The number of aliphatic hydroxyl groups is 1. The van der Waals surface area contributed by atoms with Gasteiger partial charge in [-0.1, -0.05) is 18.2 Å². The maximum Gasteiger partial charge on any atom is 0.225 e. The lowest BCUT2D eigenvalue weighted by molar-refractivity contribution is -0.132. The molecule has 1 unspecified atom stereocenters. The highest BCUT2D eigenvalue weighted by Crippen LogP contribution is 2.18. The Bertz CT molecular complexity index is 604. The number of benzene rings is 1. The fraction of sp³-hybridized carbons (Fsp3) is 0.250. The number of rotatable bonds is 5. The second-order valence-corrected chi connectivity index (χ2v) is 4.89. The van der Waals surface area contributed by atoms with E-state index in [9.17, 15) is 14.3 Å². The Morgan fingerprint density at radius 2 is 2.19 bits per heavy atom. The minimum absolute atomic E-state index is 0.0831. The number of pyridine rings is 1. The number of hydrogen-bond acceptors (Lipinski definition) is 3. The summed E-state index contributed by atoms with van der Waals surface area (Å²) in [5.41, 5.74) is 1.31. The molecule has 4 nitrogen and oxygen atoms in total. The summed E-state index contributed by atoms with van der Waals surface area (Å²) in [6.45, 7) is 0.419. The lowest BCUT2D eigenvalue weighted by Crippen LogP contribution is -2.27. The van der Waals surface area contributed by atoms with Gasteiger partial charge in [0.05, 0.1) is 12.5 Å². The zero-order valence-corrected chi connectivity index (χ0v) is 11.7. The van der Waals surface area contributed by atoms with Crippen LogP contribution in [0.15, 0.2) is 48.8 Å². The van der Waals surface area contributed by atoms with Gasteiger partial charge in [0.2, 0.25) is 5.91 Å². The van der Waals surface area contributed by atoms with Gasteiger partial charge in [0.1, 0.15) is 5.82 Å². The summed E-state index contributed by atoms with van der Waals surface area (Å²) in [5.74, 6) is -0.640. The molecule has 2 aromatic rings. The van der Waals surface area contributed by atoms with Gasteiger partial charge in [-0.05, 0) is 29.3 Å². The molecule has 1 aromatic heterocycles. The molecular weight excluding hydrogens is 271 g/mol. The van der Waals surface area contributed by atoms with Crippen molar-refractivity contribution in [1.29, 1.82) is 0 Å². The summed E-state index contributed by atoms with van der Waals surface area (Å²) in [6.07, 6.45) is 2.26. The van der Waals surface area contributed by atoms with Crippen molar-refractivity contribution in [2.24, 2.45) is 0 Å². The van der Waals surface area contributed by atoms with Crippen molar-refractivity contribution in [2.45, 2.75) is 19.1 Å². The average Bonchev–Trinajstić information content (AvgIpc) is 2.48. The molecule has 2 rings (SSSR count). The predicted octanol–water partition coefficient (Wildman–Crippen LogP) is 2.30. The van der Waals surface area contributed by atoms with Crippen molar-refractivity contribution in [3.05, 3.63) is 65.7 Å². The summed E-state index contributed by atoms with van der Waals surface area (Å²) in [5, 5.41) is 10.0. The van der Waals surface area contributed by atoms with Crippen molar-refractivity contribution < 1.29 is 14.3 Å². The first-order valence-corrected chi connectivity index (χ1v) is 6.62. The average molecular weight is 288 g/mol. The number of halogens is 1. The van der Waals surface area contributed by atoms with E-state index in [1.54, 1.807) is 31.6 Å². The van der Waals surface area contributed by atoms with Crippen LogP contribution in [0.4, 0.5) is 4.39 Å². The summed E-state index contributed by atoms with van der Waals surface area (Å²) >= 11 is 0. The maximum atomic E-state index is 13.1. The number of carbonyl (C=O) groups is 1. The van der Waals surface area contributed by atoms with Gasteiger partial charge in [-0.3, -0.25) is 9.78 Å². The number of aromatic nitrogens is 1. The largest absolute Gasteiger partial charge is 0.388 e. The predicted molar refractivity (Wildman–Crippen MR) is 76.7 cm³/mol. The minimum Gasteiger partial charge on any atom is -0.388 e. The van der Waals surface area contributed by atoms with Crippen LogP contribution in [0.3, 0.4) is 0 Å². The first kappa shape index (κ1) is 15.1. The Hall–Kier alpha value is -2.27. The molecule has 1 amide bonds.